The molecule has 2 aromatic rings. The molecule has 0 radical (unpaired) electrons. The summed E-state index contributed by atoms with van der Waals surface area (Å²) < 4.78 is 11.0. The quantitative estimate of drug-likeness (QED) is 0.901. The number of ether oxygens (including phenoxy) is 2. The van der Waals surface area contributed by atoms with Gasteiger partial charge in [0.05, 0.1) is 17.0 Å². The standard InChI is InChI=1S/C13H16N2O2S/c1-9-15-7-11(18-9)8-17-12-4-3-10(6-14)5-13(12)16-2/h3-5,7H,6,8,14H2,1-2H3. The predicted octanol–water partition coefficient (Wildman–Crippen LogP) is 2.50. The molecule has 0 amide bonds. The van der Waals surface area contributed by atoms with Crippen molar-refractivity contribution in [3.05, 3.63) is 39.8 Å². The summed E-state index contributed by atoms with van der Waals surface area (Å²) in [6, 6.07) is 5.72. The van der Waals surface area contributed by atoms with Crippen molar-refractivity contribution in [2.45, 2.75) is 20.1 Å². The zero-order chi connectivity index (χ0) is 13.0. The fraction of sp³-hybridized carbons (Fsp3) is 0.308. The lowest BCUT2D eigenvalue weighted by Gasteiger charge is -2.10. The Hall–Kier alpha value is -1.59. The Bertz CT molecular complexity index is 525. The van der Waals surface area contributed by atoms with Gasteiger partial charge in [0.2, 0.25) is 0 Å². The zero-order valence-electron chi connectivity index (χ0n) is 10.5. The van der Waals surface area contributed by atoms with Gasteiger partial charge in [0.15, 0.2) is 11.5 Å². The maximum absolute atomic E-state index is 5.73. The summed E-state index contributed by atoms with van der Waals surface area (Å²) in [4.78, 5) is 5.28. The fourth-order valence-corrected chi connectivity index (χ4v) is 2.29. The smallest absolute Gasteiger partial charge is 0.161 e. The van der Waals surface area contributed by atoms with E-state index in [-0.39, 0.29) is 0 Å². The molecule has 1 aromatic heterocycles. The van der Waals surface area contributed by atoms with E-state index in [2.05, 4.69) is 4.98 Å². The van der Waals surface area contributed by atoms with Crippen LogP contribution < -0.4 is 15.2 Å². The van der Waals surface area contributed by atoms with Gasteiger partial charge in [0, 0.05) is 12.7 Å². The average Bonchev–Trinajstić information content (AvgIpc) is 2.82. The molecule has 0 unspecified atom stereocenters. The number of rotatable bonds is 5. The minimum atomic E-state index is 0.491. The van der Waals surface area contributed by atoms with E-state index in [1.54, 1.807) is 18.4 Å². The Morgan fingerprint density at radius 2 is 2.17 bits per heavy atom. The second-order valence-electron chi connectivity index (χ2n) is 3.82. The molecular formula is C13H16N2O2S. The Morgan fingerprint density at radius 1 is 1.33 bits per heavy atom. The second kappa shape index (κ2) is 5.84. The lowest BCUT2D eigenvalue weighted by Crippen LogP contribution is -2.00. The van der Waals surface area contributed by atoms with Crippen molar-refractivity contribution in [1.82, 2.24) is 4.98 Å². The van der Waals surface area contributed by atoms with E-state index >= 15 is 0 Å². The molecule has 4 nitrogen and oxygen atoms in total. The summed E-state index contributed by atoms with van der Waals surface area (Å²) in [5.74, 6) is 1.43. The number of aromatic nitrogens is 1. The van der Waals surface area contributed by atoms with Gasteiger partial charge in [0.25, 0.3) is 0 Å². The molecule has 0 spiro atoms. The summed E-state index contributed by atoms with van der Waals surface area (Å²) in [6.07, 6.45) is 1.83. The van der Waals surface area contributed by atoms with Crippen LogP contribution in [0.3, 0.4) is 0 Å². The largest absolute Gasteiger partial charge is 0.493 e. The third kappa shape index (κ3) is 3.00. The monoisotopic (exact) mass is 264 g/mol. The van der Waals surface area contributed by atoms with Crippen molar-refractivity contribution in [2.24, 2.45) is 5.73 Å². The fourth-order valence-electron chi connectivity index (χ4n) is 1.58. The van der Waals surface area contributed by atoms with Crippen LogP contribution in [-0.2, 0) is 13.2 Å². The minimum Gasteiger partial charge on any atom is -0.493 e. The van der Waals surface area contributed by atoms with Gasteiger partial charge in [-0.1, -0.05) is 6.07 Å². The number of aryl methyl sites for hydroxylation is 1. The van der Waals surface area contributed by atoms with Crippen LogP contribution in [0, 0.1) is 6.92 Å². The van der Waals surface area contributed by atoms with Crippen molar-refractivity contribution in [2.75, 3.05) is 7.11 Å². The van der Waals surface area contributed by atoms with Crippen LogP contribution in [0.25, 0.3) is 0 Å². The summed E-state index contributed by atoms with van der Waals surface area (Å²) >= 11 is 1.63. The van der Waals surface area contributed by atoms with Crippen molar-refractivity contribution in [3.63, 3.8) is 0 Å². The summed E-state index contributed by atoms with van der Waals surface area (Å²) in [5.41, 5.74) is 6.61. The molecule has 0 atom stereocenters. The first-order valence-electron chi connectivity index (χ1n) is 5.64. The van der Waals surface area contributed by atoms with Crippen molar-refractivity contribution in [1.29, 1.82) is 0 Å². The van der Waals surface area contributed by atoms with E-state index in [4.69, 9.17) is 15.2 Å². The maximum atomic E-state index is 5.73. The Labute approximate surface area is 110 Å². The van der Waals surface area contributed by atoms with Gasteiger partial charge in [-0.05, 0) is 24.6 Å². The van der Waals surface area contributed by atoms with E-state index in [1.165, 1.54) is 0 Å². The molecule has 1 aromatic carbocycles. The number of methoxy groups -OCH3 is 1. The first kappa shape index (κ1) is 12.9. The molecule has 0 aliphatic rings. The van der Waals surface area contributed by atoms with E-state index in [0.29, 0.717) is 18.9 Å². The highest BCUT2D eigenvalue weighted by Crippen LogP contribution is 2.29. The third-order valence-electron chi connectivity index (χ3n) is 2.50. The predicted molar refractivity (Wildman–Crippen MR) is 72.1 cm³/mol. The molecule has 2 N–H and O–H groups in total. The molecule has 0 aliphatic carbocycles. The normalized spacial score (nSPS) is 10.4. The number of thiazole rings is 1. The molecule has 18 heavy (non-hydrogen) atoms. The van der Waals surface area contributed by atoms with Crippen molar-refractivity contribution >= 4 is 11.3 Å². The van der Waals surface area contributed by atoms with Gasteiger partial charge in [-0.2, -0.15) is 0 Å². The molecule has 0 aliphatic heterocycles. The van der Waals surface area contributed by atoms with Crippen LogP contribution >= 0.6 is 11.3 Å². The van der Waals surface area contributed by atoms with Gasteiger partial charge in [-0.3, -0.25) is 0 Å². The Morgan fingerprint density at radius 3 is 2.78 bits per heavy atom. The van der Waals surface area contributed by atoms with Gasteiger partial charge >= 0.3 is 0 Å². The topological polar surface area (TPSA) is 57.4 Å². The number of benzene rings is 1. The van der Waals surface area contributed by atoms with E-state index in [1.807, 2.05) is 31.3 Å². The van der Waals surface area contributed by atoms with Gasteiger partial charge in [0.1, 0.15) is 6.61 Å². The zero-order valence-corrected chi connectivity index (χ0v) is 11.3. The first-order valence-corrected chi connectivity index (χ1v) is 6.45. The number of hydrogen-bond acceptors (Lipinski definition) is 5. The molecule has 0 bridgehead atoms. The third-order valence-corrected chi connectivity index (χ3v) is 3.39. The summed E-state index contributed by atoms with van der Waals surface area (Å²) in [6.45, 7) is 2.97. The molecule has 96 valence electrons. The Balaban J connectivity index is 2.08. The number of nitrogens with zero attached hydrogens (tertiary/aromatic N) is 1. The number of nitrogens with two attached hydrogens (primary N) is 1. The van der Waals surface area contributed by atoms with Crippen LogP contribution in [0.2, 0.25) is 0 Å². The molecule has 1 heterocycles. The highest BCUT2D eigenvalue weighted by atomic mass is 32.1. The van der Waals surface area contributed by atoms with E-state index < -0.39 is 0 Å². The SMILES string of the molecule is COc1cc(CN)ccc1OCc1cnc(C)s1. The lowest BCUT2D eigenvalue weighted by molar-refractivity contribution is 0.287. The number of hydrogen-bond donors (Lipinski definition) is 1. The molecule has 0 fully saturated rings. The molecule has 0 saturated carbocycles. The first-order chi connectivity index (χ1) is 8.72. The maximum Gasteiger partial charge on any atom is 0.161 e. The van der Waals surface area contributed by atoms with Gasteiger partial charge in [-0.15, -0.1) is 11.3 Å². The van der Waals surface area contributed by atoms with Crippen molar-refractivity contribution in [3.8, 4) is 11.5 Å². The van der Waals surface area contributed by atoms with Crippen LogP contribution in [0.4, 0.5) is 0 Å². The minimum absolute atomic E-state index is 0.491. The summed E-state index contributed by atoms with van der Waals surface area (Å²) in [7, 11) is 1.62. The van der Waals surface area contributed by atoms with Crippen LogP contribution in [0.1, 0.15) is 15.4 Å². The van der Waals surface area contributed by atoms with Crippen LogP contribution in [0.5, 0.6) is 11.5 Å². The van der Waals surface area contributed by atoms with Crippen LogP contribution in [-0.4, -0.2) is 12.1 Å². The molecule has 2 rings (SSSR count). The lowest BCUT2D eigenvalue weighted by atomic mass is 10.2. The highest BCUT2D eigenvalue weighted by molar-refractivity contribution is 7.11. The highest BCUT2D eigenvalue weighted by Gasteiger charge is 2.06. The second-order valence-corrected chi connectivity index (χ2v) is 5.14. The van der Waals surface area contributed by atoms with Gasteiger partial charge < -0.3 is 15.2 Å². The van der Waals surface area contributed by atoms with Gasteiger partial charge in [-0.25, -0.2) is 4.98 Å². The molecule has 5 heteroatoms. The van der Waals surface area contributed by atoms with E-state index in [0.717, 1.165) is 21.2 Å². The average molecular weight is 264 g/mol. The summed E-state index contributed by atoms with van der Waals surface area (Å²) in [5, 5.41) is 1.04. The molecule has 0 saturated heterocycles. The Kier molecular flexibility index (Phi) is 4.17. The molecular weight excluding hydrogens is 248 g/mol. The van der Waals surface area contributed by atoms with E-state index in [9.17, 15) is 0 Å². The van der Waals surface area contributed by atoms with Crippen molar-refractivity contribution < 1.29 is 9.47 Å². The van der Waals surface area contributed by atoms with Crippen LogP contribution in [0.15, 0.2) is 24.4 Å².